The van der Waals surface area contributed by atoms with Gasteiger partial charge in [0, 0.05) is 23.7 Å². The number of hydrogen-bond acceptors (Lipinski definition) is 2. The monoisotopic (exact) mass is 293 g/mol. The summed E-state index contributed by atoms with van der Waals surface area (Å²) < 4.78 is 19.2. The smallest absolute Gasteiger partial charge is 0.131 e. The lowest BCUT2D eigenvalue weighted by molar-refractivity contribution is 0.313. The molecule has 0 aromatic heterocycles. The molecule has 0 aliphatic heterocycles. The van der Waals surface area contributed by atoms with Gasteiger partial charge in [0.2, 0.25) is 0 Å². The molecule has 1 aromatic rings. The molecule has 0 amide bonds. The Balaban J connectivity index is 1.98. The van der Waals surface area contributed by atoms with Gasteiger partial charge in [-0.1, -0.05) is 31.7 Å². The maximum atomic E-state index is 14.1. The fraction of sp³-hybridized carbons (Fsp3) is 0.667. The molecule has 2 nitrogen and oxygen atoms in total. The zero-order chi connectivity index (χ0) is 15.2. The molecule has 1 aliphatic carbocycles. The van der Waals surface area contributed by atoms with Crippen LogP contribution in [0.2, 0.25) is 0 Å². The van der Waals surface area contributed by atoms with E-state index < -0.39 is 0 Å². The van der Waals surface area contributed by atoms with Gasteiger partial charge in [-0.2, -0.15) is 0 Å². The predicted molar refractivity (Wildman–Crippen MR) is 85.2 cm³/mol. The van der Waals surface area contributed by atoms with Gasteiger partial charge in [0.15, 0.2) is 0 Å². The molecule has 118 valence electrons. The van der Waals surface area contributed by atoms with E-state index in [1.807, 2.05) is 19.1 Å². The summed E-state index contributed by atoms with van der Waals surface area (Å²) in [4.78, 5) is 0. The van der Waals surface area contributed by atoms with Crippen LogP contribution in [-0.4, -0.2) is 13.2 Å². The van der Waals surface area contributed by atoms with E-state index in [2.05, 4.69) is 12.2 Å². The second kappa shape index (κ2) is 7.79. The van der Waals surface area contributed by atoms with Gasteiger partial charge in [-0.15, -0.1) is 0 Å². The molecule has 0 spiro atoms. The second-order valence-electron chi connectivity index (χ2n) is 6.32. The van der Waals surface area contributed by atoms with Crippen LogP contribution in [0.3, 0.4) is 0 Å². The summed E-state index contributed by atoms with van der Waals surface area (Å²) in [6.07, 6.45) is 8.00. The average molecular weight is 293 g/mol. The van der Waals surface area contributed by atoms with Crippen molar-refractivity contribution in [3.63, 3.8) is 0 Å². The minimum absolute atomic E-state index is 0.0224. The van der Waals surface area contributed by atoms with Crippen LogP contribution in [0.5, 0.6) is 5.75 Å². The first-order valence-corrected chi connectivity index (χ1v) is 8.21. The van der Waals surface area contributed by atoms with Gasteiger partial charge in [-0.25, -0.2) is 4.39 Å². The lowest BCUT2D eigenvalue weighted by Crippen LogP contribution is -2.35. The quantitative estimate of drug-likeness (QED) is 0.784. The van der Waals surface area contributed by atoms with E-state index in [9.17, 15) is 4.39 Å². The molecular weight excluding hydrogens is 265 g/mol. The Morgan fingerprint density at radius 2 is 1.81 bits per heavy atom. The normalized spacial score (nSPS) is 19.8. The number of rotatable bonds is 5. The van der Waals surface area contributed by atoms with E-state index in [-0.39, 0.29) is 11.9 Å². The first kappa shape index (κ1) is 16.3. The molecule has 1 fully saturated rings. The van der Waals surface area contributed by atoms with E-state index in [1.165, 1.54) is 44.6 Å². The highest BCUT2D eigenvalue weighted by atomic mass is 19.1. The Hall–Kier alpha value is -1.09. The van der Waals surface area contributed by atoms with Gasteiger partial charge < -0.3 is 10.1 Å². The van der Waals surface area contributed by atoms with Crippen molar-refractivity contribution in [2.24, 2.45) is 5.92 Å². The van der Waals surface area contributed by atoms with Gasteiger partial charge in [0.05, 0.1) is 7.11 Å². The van der Waals surface area contributed by atoms with Gasteiger partial charge >= 0.3 is 0 Å². The van der Waals surface area contributed by atoms with Crippen molar-refractivity contribution < 1.29 is 9.13 Å². The maximum absolute atomic E-state index is 14.1. The number of halogens is 1. The van der Waals surface area contributed by atoms with Crippen LogP contribution in [-0.2, 0) is 0 Å². The molecule has 1 N–H and O–H groups in total. The standard InChI is InChI=1S/C18H28FNO/c1-13(15-8-6-4-5-7-9-15)20-14(2)17-11-10-16(21-3)12-18(17)19/h10-15,20H,4-9H2,1-3H3/t13-,14?/m1/s1. The molecule has 21 heavy (non-hydrogen) atoms. The number of benzene rings is 1. The molecule has 2 rings (SSSR count). The van der Waals surface area contributed by atoms with Gasteiger partial charge in [-0.3, -0.25) is 0 Å². The van der Waals surface area contributed by atoms with Crippen LogP contribution in [0.1, 0.15) is 64.0 Å². The van der Waals surface area contributed by atoms with Crippen molar-refractivity contribution in [3.8, 4) is 5.75 Å². The van der Waals surface area contributed by atoms with Gasteiger partial charge in [0.1, 0.15) is 11.6 Å². The van der Waals surface area contributed by atoms with Crippen LogP contribution in [0, 0.1) is 11.7 Å². The summed E-state index contributed by atoms with van der Waals surface area (Å²) in [6, 6.07) is 5.57. The van der Waals surface area contributed by atoms with Crippen LogP contribution < -0.4 is 10.1 Å². The number of ether oxygens (including phenoxy) is 1. The zero-order valence-electron chi connectivity index (χ0n) is 13.5. The molecule has 0 bridgehead atoms. The minimum Gasteiger partial charge on any atom is -0.497 e. The molecule has 1 aromatic carbocycles. The number of methoxy groups -OCH3 is 1. The van der Waals surface area contributed by atoms with E-state index in [0.29, 0.717) is 11.8 Å². The SMILES string of the molecule is COc1ccc(C(C)N[C@H](C)C2CCCCCC2)c(F)c1. The molecule has 0 radical (unpaired) electrons. The molecule has 0 saturated heterocycles. The molecule has 1 saturated carbocycles. The fourth-order valence-corrected chi connectivity index (χ4v) is 3.42. The molecule has 3 heteroatoms. The zero-order valence-corrected chi connectivity index (χ0v) is 13.5. The molecule has 0 heterocycles. The third kappa shape index (κ3) is 4.44. The lowest BCUT2D eigenvalue weighted by atomic mass is 9.92. The van der Waals surface area contributed by atoms with E-state index in [1.54, 1.807) is 7.11 Å². The molecule has 1 aliphatic rings. The minimum atomic E-state index is -0.192. The Bertz CT molecular complexity index is 441. The van der Waals surface area contributed by atoms with Crippen molar-refractivity contribution in [2.45, 2.75) is 64.5 Å². The highest BCUT2D eigenvalue weighted by molar-refractivity contribution is 5.30. The summed E-state index contributed by atoms with van der Waals surface area (Å²) in [5, 5.41) is 3.59. The Labute approximate surface area is 128 Å². The fourth-order valence-electron chi connectivity index (χ4n) is 3.42. The predicted octanol–water partition coefficient (Wildman–Crippen LogP) is 4.84. The largest absolute Gasteiger partial charge is 0.497 e. The van der Waals surface area contributed by atoms with Crippen molar-refractivity contribution in [2.75, 3.05) is 7.11 Å². The van der Waals surface area contributed by atoms with Crippen LogP contribution in [0.4, 0.5) is 4.39 Å². The topological polar surface area (TPSA) is 21.3 Å². The summed E-state index contributed by atoms with van der Waals surface area (Å²) in [6.45, 7) is 4.28. The summed E-state index contributed by atoms with van der Waals surface area (Å²) in [7, 11) is 1.56. The molecular formula is C18H28FNO. The third-order valence-electron chi connectivity index (χ3n) is 4.79. The summed E-state index contributed by atoms with van der Waals surface area (Å²) in [5.41, 5.74) is 0.719. The number of nitrogens with one attached hydrogen (secondary N) is 1. The van der Waals surface area contributed by atoms with Crippen LogP contribution in [0.15, 0.2) is 18.2 Å². The van der Waals surface area contributed by atoms with E-state index in [4.69, 9.17) is 4.74 Å². The second-order valence-corrected chi connectivity index (χ2v) is 6.32. The van der Waals surface area contributed by atoms with Crippen molar-refractivity contribution in [1.29, 1.82) is 0 Å². The Morgan fingerprint density at radius 3 is 2.38 bits per heavy atom. The third-order valence-corrected chi connectivity index (χ3v) is 4.79. The number of hydrogen-bond donors (Lipinski definition) is 1. The molecule has 2 atom stereocenters. The summed E-state index contributed by atoms with van der Waals surface area (Å²) >= 11 is 0. The first-order valence-electron chi connectivity index (χ1n) is 8.21. The maximum Gasteiger partial charge on any atom is 0.131 e. The van der Waals surface area contributed by atoms with Gasteiger partial charge in [-0.05, 0) is 38.7 Å². The highest BCUT2D eigenvalue weighted by Crippen LogP contribution is 2.28. The van der Waals surface area contributed by atoms with Crippen LogP contribution in [0.25, 0.3) is 0 Å². The van der Waals surface area contributed by atoms with E-state index >= 15 is 0 Å². The first-order chi connectivity index (χ1) is 10.1. The highest BCUT2D eigenvalue weighted by Gasteiger charge is 2.21. The lowest BCUT2D eigenvalue weighted by Gasteiger charge is -2.27. The van der Waals surface area contributed by atoms with Crippen molar-refractivity contribution in [3.05, 3.63) is 29.6 Å². The Morgan fingerprint density at radius 1 is 1.14 bits per heavy atom. The Kier molecular flexibility index (Phi) is 6.04. The van der Waals surface area contributed by atoms with Crippen LogP contribution >= 0.6 is 0 Å². The van der Waals surface area contributed by atoms with Crippen molar-refractivity contribution in [1.82, 2.24) is 5.32 Å². The molecule has 1 unspecified atom stereocenters. The van der Waals surface area contributed by atoms with Crippen molar-refractivity contribution >= 4 is 0 Å². The average Bonchev–Trinajstić information content (AvgIpc) is 2.75. The van der Waals surface area contributed by atoms with Gasteiger partial charge in [0.25, 0.3) is 0 Å². The summed E-state index contributed by atoms with van der Waals surface area (Å²) in [5.74, 6) is 1.10. The van der Waals surface area contributed by atoms with E-state index in [0.717, 1.165) is 11.5 Å².